The summed E-state index contributed by atoms with van der Waals surface area (Å²) < 4.78 is 0. The molecular formula is C33H38N2O3. The monoisotopic (exact) mass is 510 g/mol. The van der Waals surface area contributed by atoms with Crippen molar-refractivity contribution in [3.8, 4) is 5.75 Å². The summed E-state index contributed by atoms with van der Waals surface area (Å²) in [6, 6.07) is 25.9. The number of nitrogens with one attached hydrogen (secondary N) is 1. The Morgan fingerprint density at radius 3 is 2.39 bits per heavy atom. The number of carboxylic acid groups (broad SMARTS) is 1. The van der Waals surface area contributed by atoms with E-state index < -0.39 is 11.5 Å². The average Bonchev–Trinajstić information content (AvgIpc) is 3.43. The molecule has 2 unspecified atom stereocenters. The molecule has 2 aliphatic heterocycles. The SMILES string of the molecule is O=C(O)[C@@]1(CC2CCN(c3ccc(C4c5ccc(O)cc5CCC4c4ccccc4)cc3)CC2)CCCN1. The van der Waals surface area contributed by atoms with E-state index in [9.17, 15) is 15.0 Å². The number of benzene rings is 3. The van der Waals surface area contributed by atoms with Crippen molar-refractivity contribution in [3.63, 3.8) is 0 Å². The third kappa shape index (κ3) is 4.80. The van der Waals surface area contributed by atoms with Crippen LogP contribution >= 0.6 is 0 Å². The molecule has 0 radical (unpaired) electrons. The third-order valence-corrected chi connectivity index (χ3v) is 9.34. The Bertz CT molecular complexity index is 1260. The zero-order valence-electron chi connectivity index (χ0n) is 22.0. The lowest BCUT2D eigenvalue weighted by Crippen LogP contribution is -2.50. The highest BCUT2D eigenvalue weighted by atomic mass is 16.4. The predicted octanol–water partition coefficient (Wildman–Crippen LogP) is 6.07. The first-order valence-electron chi connectivity index (χ1n) is 14.2. The van der Waals surface area contributed by atoms with Gasteiger partial charge in [-0.3, -0.25) is 4.79 Å². The lowest BCUT2D eigenvalue weighted by atomic mass is 9.69. The summed E-state index contributed by atoms with van der Waals surface area (Å²) in [5.74, 6) is 0.779. The summed E-state index contributed by atoms with van der Waals surface area (Å²) in [6.07, 6.45) is 6.56. The molecule has 38 heavy (non-hydrogen) atoms. The van der Waals surface area contributed by atoms with Crippen molar-refractivity contribution < 1.29 is 15.0 Å². The van der Waals surface area contributed by atoms with Gasteiger partial charge in [0.25, 0.3) is 0 Å². The van der Waals surface area contributed by atoms with Crippen LogP contribution in [0.1, 0.15) is 72.6 Å². The van der Waals surface area contributed by atoms with Crippen LogP contribution in [0.5, 0.6) is 5.75 Å². The fraction of sp³-hybridized carbons (Fsp3) is 0.424. The van der Waals surface area contributed by atoms with E-state index >= 15 is 0 Å². The van der Waals surface area contributed by atoms with Gasteiger partial charge in [-0.15, -0.1) is 0 Å². The van der Waals surface area contributed by atoms with Gasteiger partial charge in [-0.1, -0.05) is 48.5 Å². The highest BCUT2D eigenvalue weighted by Gasteiger charge is 2.43. The van der Waals surface area contributed by atoms with E-state index in [0.717, 1.165) is 64.6 Å². The molecule has 1 aliphatic carbocycles. The Kier molecular flexibility index (Phi) is 6.87. The van der Waals surface area contributed by atoms with Gasteiger partial charge in [0.05, 0.1) is 0 Å². The molecule has 3 N–H and O–H groups in total. The third-order valence-electron chi connectivity index (χ3n) is 9.34. The molecule has 5 heteroatoms. The Labute approximate surface area is 225 Å². The molecule has 3 aromatic rings. The number of hydrogen-bond acceptors (Lipinski definition) is 4. The second-order valence-corrected chi connectivity index (χ2v) is 11.6. The van der Waals surface area contributed by atoms with Crippen LogP contribution in [0, 0.1) is 5.92 Å². The summed E-state index contributed by atoms with van der Waals surface area (Å²) in [5.41, 5.74) is 5.81. The second-order valence-electron chi connectivity index (χ2n) is 11.6. The van der Waals surface area contributed by atoms with Gasteiger partial charge >= 0.3 is 5.97 Å². The Balaban J connectivity index is 1.19. The fourth-order valence-electron chi connectivity index (χ4n) is 7.31. The summed E-state index contributed by atoms with van der Waals surface area (Å²) in [4.78, 5) is 14.4. The number of aryl methyl sites for hydroxylation is 1. The first-order valence-corrected chi connectivity index (χ1v) is 14.2. The lowest BCUT2D eigenvalue weighted by molar-refractivity contribution is -0.145. The molecule has 6 rings (SSSR count). The molecule has 2 fully saturated rings. The number of phenolic OH excluding ortho intramolecular Hbond substituents is 1. The van der Waals surface area contributed by atoms with Crippen molar-refractivity contribution in [3.05, 3.63) is 95.1 Å². The minimum Gasteiger partial charge on any atom is -0.508 e. The summed E-state index contributed by atoms with van der Waals surface area (Å²) in [7, 11) is 0. The van der Waals surface area contributed by atoms with Gasteiger partial charge in [0.1, 0.15) is 11.3 Å². The largest absolute Gasteiger partial charge is 0.508 e. The predicted molar refractivity (Wildman–Crippen MR) is 151 cm³/mol. The maximum absolute atomic E-state index is 12.0. The molecule has 5 nitrogen and oxygen atoms in total. The van der Waals surface area contributed by atoms with Crippen molar-refractivity contribution in [1.82, 2.24) is 5.32 Å². The van der Waals surface area contributed by atoms with E-state index in [1.807, 2.05) is 12.1 Å². The van der Waals surface area contributed by atoms with Crippen LogP contribution in [0.2, 0.25) is 0 Å². The standard InChI is InChI=1S/C33H38N2O3/c36-28-12-14-30-26(21-28)9-13-29(24-5-2-1-3-6-24)31(30)25-7-10-27(11-8-25)35-19-15-23(16-20-35)22-33(32(37)38)17-4-18-34-33/h1-3,5-8,10-12,14,21,23,29,31,34,36H,4,9,13,15-20,22H2,(H,37,38)/t29?,31?,33-/m0/s1. The number of anilines is 1. The van der Waals surface area contributed by atoms with Crippen molar-refractivity contribution in [2.75, 3.05) is 24.5 Å². The van der Waals surface area contributed by atoms with E-state index in [4.69, 9.17) is 0 Å². The van der Waals surface area contributed by atoms with Crippen LogP contribution in [-0.2, 0) is 11.2 Å². The second kappa shape index (κ2) is 10.5. The fourth-order valence-corrected chi connectivity index (χ4v) is 7.31. The quantitative estimate of drug-likeness (QED) is 0.376. The van der Waals surface area contributed by atoms with Crippen LogP contribution in [0.15, 0.2) is 72.8 Å². The number of piperidine rings is 1. The van der Waals surface area contributed by atoms with Gasteiger partial charge in [0.15, 0.2) is 0 Å². The van der Waals surface area contributed by atoms with Gasteiger partial charge < -0.3 is 20.4 Å². The van der Waals surface area contributed by atoms with Crippen LogP contribution in [0.4, 0.5) is 5.69 Å². The van der Waals surface area contributed by atoms with Crippen LogP contribution in [0.25, 0.3) is 0 Å². The van der Waals surface area contributed by atoms with Gasteiger partial charge in [-0.2, -0.15) is 0 Å². The molecule has 2 heterocycles. The smallest absolute Gasteiger partial charge is 0.323 e. The van der Waals surface area contributed by atoms with E-state index in [0.29, 0.717) is 17.6 Å². The normalized spacial score (nSPS) is 25.7. The number of nitrogens with zero attached hydrogens (tertiary/aromatic N) is 1. The molecule has 2 saturated heterocycles. The Hall–Kier alpha value is -3.31. The average molecular weight is 511 g/mol. The van der Waals surface area contributed by atoms with Gasteiger partial charge in [-0.05, 0) is 110 Å². The first kappa shape index (κ1) is 25.0. The minimum absolute atomic E-state index is 0.257. The Morgan fingerprint density at radius 1 is 0.947 bits per heavy atom. The Morgan fingerprint density at radius 2 is 1.71 bits per heavy atom. The van der Waals surface area contributed by atoms with E-state index in [1.165, 1.54) is 27.9 Å². The topological polar surface area (TPSA) is 72.8 Å². The zero-order valence-corrected chi connectivity index (χ0v) is 22.0. The van der Waals surface area contributed by atoms with Crippen molar-refractivity contribution in [1.29, 1.82) is 0 Å². The number of aromatic hydroxyl groups is 1. The summed E-state index contributed by atoms with van der Waals surface area (Å²) >= 11 is 0. The van der Waals surface area contributed by atoms with Crippen molar-refractivity contribution in [2.45, 2.75) is 62.3 Å². The highest BCUT2D eigenvalue weighted by molar-refractivity contribution is 5.79. The van der Waals surface area contributed by atoms with Crippen molar-refractivity contribution >= 4 is 11.7 Å². The van der Waals surface area contributed by atoms with Gasteiger partial charge in [0, 0.05) is 24.7 Å². The molecular weight excluding hydrogens is 472 g/mol. The van der Waals surface area contributed by atoms with E-state index in [-0.39, 0.29) is 5.92 Å². The number of carbonyl (C=O) groups is 1. The minimum atomic E-state index is -0.711. The molecule has 0 amide bonds. The number of rotatable bonds is 6. The molecule has 3 aliphatic rings. The van der Waals surface area contributed by atoms with Crippen LogP contribution in [-0.4, -0.2) is 41.4 Å². The maximum atomic E-state index is 12.0. The molecule has 198 valence electrons. The maximum Gasteiger partial charge on any atom is 0.323 e. The molecule has 0 spiro atoms. The molecule has 3 aromatic carbocycles. The van der Waals surface area contributed by atoms with Crippen LogP contribution < -0.4 is 10.2 Å². The van der Waals surface area contributed by atoms with Crippen LogP contribution in [0.3, 0.4) is 0 Å². The van der Waals surface area contributed by atoms with Crippen molar-refractivity contribution in [2.24, 2.45) is 5.92 Å². The number of aliphatic carboxylic acids is 1. The lowest BCUT2D eigenvalue weighted by Gasteiger charge is -2.37. The molecule has 0 saturated carbocycles. The van der Waals surface area contributed by atoms with Gasteiger partial charge in [0.2, 0.25) is 0 Å². The van der Waals surface area contributed by atoms with E-state index in [1.54, 1.807) is 0 Å². The summed E-state index contributed by atoms with van der Waals surface area (Å²) in [5, 5.41) is 23.2. The van der Waals surface area contributed by atoms with Gasteiger partial charge in [-0.25, -0.2) is 0 Å². The number of hydrogen-bond donors (Lipinski definition) is 3. The number of carboxylic acids is 1. The molecule has 3 atom stereocenters. The zero-order chi connectivity index (χ0) is 26.1. The molecule has 0 bridgehead atoms. The number of fused-ring (bicyclic) bond motifs is 1. The van der Waals surface area contributed by atoms with E-state index in [2.05, 4.69) is 70.9 Å². The molecule has 0 aromatic heterocycles. The highest BCUT2D eigenvalue weighted by Crippen LogP contribution is 2.47. The number of phenols is 1. The summed E-state index contributed by atoms with van der Waals surface area (Å²) in [6.45, 7) is 2.75. The first-order chi connectivity index (χ1) is 18.5.